The zero-order valence-corrected chi connectivity index (χ0v) is 10.8. The van der Waals surface area contributed by atoms with Gasteiger partial charge in [0.25, 0.3) is 0 Å². The maximum Gasteiger partial charge on any atom is 0.214 e. The normalized spacial score (nSPS) is 19.0. The number of nitrogens with zero attached hydrogens (tertiary/aromatic N) is 4. The van der Waals surface area contributed by atoms with Crippen LogP contribution in [0.25, 0.3) is 5.69 Å². The predicted molar refractivity (Wildman–Crippen MR) is 71.8 cm³/mol. The molecule has 1 atom stereocenters. The van der Waals surface area contributed by atoms with Crippen molar-refractivity contribution in [3.8, 4) is 5.69 Å². The molecule has 92 valence electrons. The van der Waals surface area contributed by atoms with E-state index in [-0.39, 0.29) is 0 Å². The summed E-state index contributed by atoms with van der Waals surface area (Å²) in [5.41, 5.74) is 1.00. The minimum Gasteiger partial charge on any atom is -0.187 e. The Bertz CT molecular complexity index is 535. The summed E-state index contributed by atoms with van der Waals surface area (Å²) in [5.74, 6) is 0. The lowest BCUT2D eigenvalue weighted by Crippen LogP contribution is -2.05. The van der Waals surface area contributed by atoms with Crippen molar-refractivity contribution in [3.63, 3.8) is 0 Å². The molecule has 0 saturated carbocycles. The van der Waals surface area contributed by atoms with Crippen LogP contribution in [0.3, 0.4) is 0 Å². The Morgan fingerprint density at radius 2 is 2.11 bits per heavy atom. The van der Waals surface area contributed by atoms with E-state index in [4.69, 9.17) is 0 Å². The summed E-state index contributed by atoms with van der Waals surface area (Å²) < 4.78 is 1.80. The first-order valence-corrected chi connectivity index (χ1v) is 6.98. The van der Waals surface area contributed by atoms with E-state index in [0.717, 1.165) is 10.8 Å². The molecule has 1 aliphatic carbocycles. The maximum atomic E-state index is 4.12. The van der Waals surface area contributed by atoms with Gasteiger partial charge in [0.15, 0.2) is 0 Å². The quantitative estimate of drug-likeness (QED) is 0.794. The molecule has 0 fully saturated rings. The fourth-order valence-electron chi connectivity index (χ4n) is 2.00. The minimum absolute atomic E-state index is 0.493. The molecule has 1 aromatic heterocycles. The van der Waals surface area contributed by atoms with Crippen LogP contribution in [-0.2, 0) is 0 Å². The smallest absolute Gasteiger partial charge is 0.187 e. The number of para-hydroxylation sites is 1. The number of tetrazole rings is 1. The van der Waals surface area contributed by atoms with Crippen molar-refractivity contribution >= 4 is 11.8 Å². The van der Waals surface area contributed by atoms with Crippen molar-refractivity contribution in [1.29, 1.82) is 0 Å². The first kappa shape index (κ1) is 11.5. The molecule has 1 aromatic carbocycles. The molecule has 0 aliphatic heterocycles. The van der Waals surface area contributed by atoms with Crippen molar-refractivity contribution < 1.29 is 0 Å². The maximum absolute atomic E-state index is 4.12. The number of aromatic nitrogens is 4. The number of rotatable bonds is 3. The highest BCUT2D eigenvalue weighted by molar-refractivity contribution is 7.99. The van der Waals surface area contributed by atoms with Gasteiger partial charge in [-0.1, -0.05) is 42.1 Å². The second-order valence-corrected chi connectivity index (χ2v) is 5.43. The summed E-state index contributed by atoms with van der Waals surface area (Å²) >= 11 is 1.73. The zero-order valence-electron chi connectivity index (χ0n) is 9.94. The molecule has 1 unspecified atom stereocenters. The van der Waals surface area contributed by atoms with E-state index in [1.807, 2.05) is 30.3 Å². The number of hydrogen-bond donors (Lipinski definition) is 0. The Labute approximate surface area is 110 Å². The summed E-state index contributed by atoms with van der Waals surface area (Å²) in [4.78, 5) is 0. The predicted octanol–water partition coefficient (Wildman–Crippen LogP) is 2.86. The van der Waals surface area contributed by atoms with Crippen molar-refractivity contribution in [2.24, 2.45) is 0 Å². The molecule has 3 rings (SSSR count). The van der Waals surface area contributed by atoms with Crippen LogP contribution in [0.15, 0.2) is 47.6 Å². The summed E-state index contributed by atoms with van der Waals surface area (Å²) in [6, 6.07) is 10.00. The van der Waals surface area contributed by atoms with Gasteiger partial charge in [0, 0.05) is 5.25 Å². The molecule has 0 N–H and O–H groups in total. The topological polar surface area (TPSA) is 43.6 Å². The van der Waals surface area contributed by atoms with Crippen LogP contribution in [0.2, 0.25) is 0 Å². The molecule has 1 heterocycles. The molecule has 0 spiro atoms. The van der Waals surface area contributed by atoms with Crippen LogP contribution in [-0.4, -0.2) is 25.5 Å². The Morgan fingerprint density at radius 1 is 1.22 bits per heavy atom. The minimum atomic E-state index is 0.493. The van der Waals surface area contributed by atoms with E-state index >= 15 is 0 Å². The molecule has 1 aliphatic rings. The Balaban J connectivity index is 1.83. The van der Waals surface area contributed by atoms with Gasteiger partial charge in [-0.15, -0.1) is 5.10 Å². The largest absolute Gasteiger partial charge is 0.214 e. The van der Waals surface area contributed by atoms with Crippen LogP contribution in [0.5, 0.6) is 0 Å². The van der Waals surface area contributed by atoms with E-state index in [1.54, 1.807) is 16.4 Å². The average molecular weight is 258 g/mol. The third-order valence-electron chi connectivity index (χ3n) is 2.91. The summed E-state index contributed by atoms with van der Waals surface area (Å²) in [7, 11) is 0. The molecular weight excluding hydrogens is 244 g/mol. The van der Waals surface area contributed by atoms with Crippen LogP contribution in [0, 0.1) is 0 Å². The summed E-state index contributed by atoms with van der Waals surface area (Å²) in [6.07, 6.45) is 8.15. The van der Waals surface area contributed by atoms with Crippen molar-refractivity contribution in [3.05, 3.63) is 42.5 Å². The highest BCUT2D eigenvalue weighted by atomic mass is 32.2. The average Bonchev–Trinajstić information content (AvgIpc) is 2.89. The van der Waals surface area contributed by atoms with Gasteiger partial charge < -0.3 is 0 Å². The Hall–Kier alpha value is -1.62. The molecule has 0 amide bonds. The summed E-state index contributed by atoms with van der Waals surface area (Å²) in [5, 5.41) is 13.3. The fourth-order valence-corrected chi connectivity index (χ4v) is 3.07. The van der Waals surface area contributed by atoms with Crippen molar-refractivity contribution in [2.45, 2.75) is 29.7 Å². The van der Waals surface area contributed by atoms with E-state index in [2.05, 4.69) is 27.7 Å². The van der Waals surface area contributed by atoms with E-state index < -0.39 is 0 Å². The van der Waals surface area contributed by atoms with Gasteiger partial charge >= 0.3 is 0 Å². The van der Waals surface area contributed by atoms with Crippen molar-refractivity contribution in [2.75, 3.05) is 0 Å². The molecule has 5 heteroatoms. The first-order chi connectivity index (χ1) is 8.93. The van der Waals surface area contributed by atoms with E-state index in [1.165, 1.54) is 19.3 Å². The second kappa shape index (κ2) is 5.35. The number of benzene rings is 1. The standard InChI is InChI=1S/C13H14N4S/c1-3-7-11(8-4-1)17-13(14-15-16-17)18-12-9-5-2-6-10-12/h1,3-5,7-9,12H,2,6,10H2. The summed E-state index contributed by atoms with van der Waals surface area (Å²) in [6.45, 7) is 0. The number of allylic oxidation sites excluding steroid dienone is 1. The van der Waals surface area contributed by atoms with E-state index in [0.29, 0.717) is 5.25 Å². The molecular formula is C13H14N4S. The molecule has 2 aromatic rings. The third kappa shape index (κ3) is 2.46. The molecule has 0 radical (unpaired) electrons. The van der Waals surface area contributed by atoms with Gasteiger partial charge in [0.05, 0.1) is 5.69 Å². The van der Waals surface area contributed by atoms with Crippen LogP contribution >= 0.6 is 11.8 Å². The molecule has 0 bridgehead atoms. The first-order valence-electron chi connectivity index (χ1n) is 6.10. The fraction of sp³-hybridized carbons (Fsp3) is 0.308. The molecule has 0 saturated heterocycles. The SMILES string of the molecule is C1=CC(Sc2nnnn2-c2ccccc2)CCC1. The second-order valence-electron chi connectivity index (χ2n) is 4.22. The van der Waals surface area contributed by atoms with Gasteiger partial charge in [-0.3, -0.25) is 0 Å². The highest BCUT2D eigenvalue weighted by Crippen LogP contribution is 2.29. The lowest BCUT2D eigenvalue weighted by molar-refractivity contribution is 0.729. The lowest BCUT2D eigenvalue weighted by Gasteiger charge is -2.14. The van der Waals surface area contributed by atoms with E-state index in [9.17, 15) is 0 Å². The van der Waals surface area contributed by atoms with Gasteiger partial charge in [-0.2, -0.15) is 4.68 Å². The van der Waals surface area contributed by atoms with Gasteiger partial charge in [0.1, 0.15) is 0 Å². The van der Waals surface area contributed by atoms with Gasteiger partial charge in [0.2, 0.25) is 5.16 Å². The van der Waals surface area contributed by atoms with Gasteiger partial charge in [-0.05, 0) is 41.8 Å². The van der Waals surface area contributed by atoms with Crippen LogP contribution in [0.1, 0.15) is 19.3 Å². The molecule has 4 nitrogen and oxygen atoms in total. The van der Waals surface area contributed by atoms with Gasteiger partial charge in [-0.25, -0.2) is 0 Å². The number of hydrogen-bond acceptors (Lipinski definition) is 4. The molecule has 18 heavy (non-hydrogen) atoms. The third-order valence-corrected chi connectivity index (χ3v) is 4.07. The zero-order chi connectivity index (χ0) is 12.2. The highest BCUT2D eigenvalue weighted by Gasteiger charge is 2.15. The lowest BCUT2D eigenvalue weighted by atomic mass is 10.1. The number of thioether (sulfide) groups is 1. The Morgan fingerprint density at radius 3 is 2.89 bits per heavy atom. The van der Waals surface area contributed by atoms with Crippen LogP contribution in [0.4, 0.5) is 0 Å². The van der Waals surface area contributed by atoms with Crippen LogP contribution < -0.4 is 0 Å². The Kier molecular flexibility index (Phi) is 3.41. The van der Waals surface area contributed by atoms with Crippen molar-refractivity contribution in [1.82, 2.24) is 20.2 Å². The monoisotopic (exact) mass is 258 g/mol.